The second-order valence-corrected chi connectivity index (χ2v) is 3.12. The Morgan fingerprint density at radius 1 is 1.36 bits per heavy atom. The van der Waals surface area contributed by atoms with Gasteiger partial charge < -0.3 is 10.4 Å². The van der Waals surface area contributed by atoms with Gasteiger partial charge in [-0.1, -0.05) is 12.1 Å². The predicted molar refractivity (Wildman–Crippen MR) is 54.6 cm³/mol. The lowest BCUT2D eigenvalue weighted by molar-refractivity contribution is -0.139. The topological polar surface area (TPSA) is 66.4 Å². The number of aliphatic carboxylic acids is 1. The predicted octanol–water partition coefficient (Wildman–Crippen LogP) is 1.39. The zero-order chi connectivity index (χ0) is 10.6. The molecule has 0 radical (unpaired) electrons. The minimum atomic E-state index is -1.15. The van der Waals surface area contributed by atoms with Crippen LogP contribution < -0.4 is 5.32 Å². The van der Waals surface area contributed by atoms with Gasteiger partial charge in [0.05, 0.1) is 5.69 Å². The molecule has 1 amide bonds. The lowest BCUT2D eigenvalue weighted by Gasteiger charge is -2.05. The van der Waals surface area contributed by atoms with E-state index in [1.165, 1.54) is 0 Å². The molecule has 0 spiro atoms. The van der Waals surface area contributed by atoms with E-state index in [2.05, 4.69) is 17.9 Å². The normalized spacial score (nSPS) is 9.50. The molecule has 2 N–H and O–H groups in total. The number of carboxylic acids is 1. The molecule has 5 heteroatoms. The van der Waals surface area contributed by atoms with Crippen molar-refractivity contribution in [1.82, 2.24) is 0 Å². The minimum absolute atomic E-state index is 0.516. The molecule has 1 aromatic carbocycles. The smallest absolute Gasteiger partial charge is 0.312 e. The van der Waals surface area contributed by atoms with Crippen molar-refractivity contribution in [2.24, 2.45) is 0 Å². The number of thiol groups is 1. The van der Waals surface area contributed by atoms with Crippen LogP contribution in [0, 0.1) is 0 Å². The number of carbonyl (C=O) groups is 2. The lowest BCUT2D eigenvalue weighted by atomic mass is 10.3. The van der Waals surface area contributed by atoms with Gasteiger partial charge in [-0.2, -0.15) is 0 Å². The van der Waals surface area contributed by atoms with Crippen LogP contribution in [0.1, 0.15) is 6.42 Å². The largest absolute Gasteiger partial charge is 0.481 e. The summed E-state index contributed by atoms with van der Waals surface area (Å²) < 4.78 is 0. The van der Waals surface area contributed by atoms with E-state index < -0.39 is 18.3 Å². The molecule has 1 rings (SSSR count). The molecule has 0 aliphatic rings. The number of amides is 1. The van der Waals surface area contributed by atoms with Crippen LogP contribution in [0.5, 0.6) is 0 Å². The van der Waals surface area contributed by atoms with Crippen LogP contribution in [0.25, 0.3) is 0 Å². The summed E-state index contributed by atoms with van der Waals surface area (Å²) in [7, 11) is 0. The Bertz CT molecular complexity index is 365. The lowest BCUT2D eigenvalue weighted by Crippen LogP contribution is -2.16. The second-order valence-electron chi connectivity index (χ2n) is 2.64. The van der Waals surface area contributed by atoms with Crippen molar-refractivity contribution in [2.45, 2.75) is 11.3 Å². The molecule has 0 atom stereocenters. The summed E-state index contributed by atoms with van der Waals surface area (Å²) in [6.07, 6.45) is -0.540. The molecule has 0 unspecified atom stereocenters. The van der Waals surface area contributed by atoms with Crippen molar-refractivity contribution < 1.29 is 14.7 Å². The molecular formula is C9H9NO3S. The Hall–Kier alpha value is -1.49. The quantitative estimate of drug-likeness (QED) is 0.523. The highest BCUT2D eigenvalue weighted by Gasteiger charge is 2.08. The average molecular weight is 211 g/mol. The van der Waals surface area contributed by atoms with Gasteiger partial charge in [-0.3, -0.25) is 9.59 Å². The van der Waals surface area contributed by atoms with E-state index in [4.69, 9.17) is 5.11 Å². The molecule has 0 aliphatic heterocycles. The van der Waals surface area contributed by atoms with E-state index in [0.29, 0.717) is 10.6 Å². The summed E-state index contributed by atoms with van der Waals surface area (Å²) in [5, 5.41) is 10.8. The number of hydrogen-bond donors (Lipinski definition) is 3. The van der Waals surface area contributed by atoms with Gasteiger partial charge in [0.2, 0.25) is 5.91 Å². The van der Waals surface area contributed by atoms with E-state index in [1.54, 1.807) is 24.3 Å². The van der Waals surface area contributed by atoms with Crippen LogP contribution in [0.3, 0.4) is 0 Å². The molecule has 74 valence electrons. The number of para-hydroxylation sites is 1. The highest BCUT2D eigenvalue weighted by molar-refractivity contribution is 7.80. The van der Waals surface area contributed by atoms with Gasteiger partial charge in [0.25, 0.3) is 0 Å². The number of hydrogen-bond acceptors (Lipinski definition) is 3. The van der Waals surface area contributed by atoms with E-state index in [9.17, 15) is 9.59 Å². The van der Waals surface area contributed by atoms with Crippen molar-refractivity contribution >= 4 is 30.2 Å². The van der Waals surface area contributed by atoms with E-state index in [-0.39, 0.29) is 0 Å². The highest BCUT2D eigenvalue weighted by Crippen LogP contribution is 2.18. The third-order valence-electron chi connectivity index (χ3n) is 1.49. The fraction of sp³-hybridized carbons (Fsp3) is 0.111. The third-order valence-corrected chi connectivity index (χ3v) is 1.88. The summed E-state index contributed by atoms with van der Waals surface area (Å²) in [6.45, 7) is 0. The number of nitrogens with one attached hydrogen (secondary N) is 1. The second kappa shape index (κ2) is 4.66. The minimum Gasteiger partial charge on any atom is -0.481 e. The molecule has 0 bridgehead atoms. The Labute approximate surface area is 86.3 Å². The van der Waals surface area contributed by atoms with Gasteiger partial charge in [0.1, 0.15) is 6.42 Å². The monoisotopic (exact) mass is 211 g/mol. The molecule has 0 saturated carbocycles. The number of anilines is 1. The van der Waals surface area contributed by atoms with Crippen molar-refractivity contribution in [3.8, 4) is 0 Å². The van der Waals surface area contributed by atoms with Gasteiger partial charge in [-0.05, 0) is 12.1 Å². The van der Waals surface area contributed by atoms with Crippen LogP contribution >= 0.6 is 12.6 Å². The molecular weight excluding hydrogens is 202 g/mol. The fourth-order valence-corrected chi connectivity index (χ4v) is 1.13. The highest BCUT2D eigenvalue weighted by atomic mass is 32.1. The van der Waals surface area contributed by atoms with Gasteiger partial charge in [0.15, 0.2) is 0 Å². The van der Waals surface area contributed by atoms with E-state index in [1.807, 2.05) is 0 Å². The zero-order valence-electron chi connectivity index (χ0n) is 7.23. The first-order chi connectivity index (χ1) is 6.59. The number of carboxylic acid groups (broad SMARTS) is 1. The molecule has 0 fully saturated rings. The maximum atomic E-state index is 11.0. The van der Waals surface area contributed by atoms with Crippen molar-refractivity contribution in [3.05, 3.63) is 24.3 Å². The molecule has 4 nitrogen and oxygen atoms in total. The zero-order valence-corrected chi connectivity index (χ0v) is 8.12. The van der Waals surface area contributed by atoms with Gasteiger partial charge in [-0.25, -0.2) is 0 Å². The first-order valence-corrected chi connectivity index (χ1v) is 4.34. The number of carbonyl (C=O) groups excluding carboxylic acids is 1. The summed E-state index contributed by atoms with van der Waals surface area (Å²) >= 11 is 4.10. The van der Waals surface area contributed by atoms with E-state index >= 15 is 0 Å². The summed E-state index contributed by atoms with van der Waals surface area (Å²) in [6, 6.07) is 6.87. The Morgan fingerprint density at radius 2 is 2.00 bits per heavy atom. The molecule has 14 heavy (non-hydrogen) atoms. The Balaban J connectivity index is 2.65. The van der Waals surface area contributed by atoms with Crippen molar-refractivity contribution in [3.63, 3.8) is 0 Å². The Kier molecular flexibility index (Phi) is 3.53. The number of rotatable bonds is 3. The van der Waals surface area contributed by atoms with Gasteiger partial charge >= 0.3 is 5.97 Å². The van der Waals surface area contributed by atoms with Crippen LogP contribution in [0.4, 0.5) is 5.69 Å². The third kappa shape index (κ3) is 3.10. The summed E-state index contributed by atoms with van der Waals surface area (Å²) in [5.41, 5.74) is 0.516. The average Bonchev–Trinajstić information content (AvgIpc) is 2.07. The molecule has 1 aromatic rings. The van der Waals surface area contributed by atoms with E-state index in [0.717, 1.165) is 0 Å². The summed E-state index contributed by atoms with van der Waals surface area (Å²) in [5.74, 6) is -1.71. The standard InChI is InChI=1S/C9H9NO3S/c11-8(5-9(12)13)10-6-3-1-2-4-7(6)14/h1-4,14H,5H2,(H,10,11)(H,12,13). The first kappa shape index (κ1) is 10.6. The maximum absolute atomic E-state index is 11.0. The molecule has 0 aliphatic carbocycles. The molecule has 0 saturated heterocycles. The van der Waals surface area contributed by atoms with Crippen LogP contribution in [0.2, 0.25) is 0 Å². The summed E-state index contributed by atoms with van der Waals surface area (Å²) in [4.78, 5) is 21.9. The van der Waals surface area contributed by atoms with Crippen LogP contribution in [-0.2, 0) is 9.59 Å². The van der Waals surface area contributed by atoms with Crippen molar-refractivity contribution in [2.75, 3.05) is 5.32 Å². The fourth-order valence-electron chi connectivity index (χ4n) is 0.911. The maximum Gasteiger partial charge on any atom is 0.312 e. The van der Waals surface area contributed by atoms with Crippen molar-refractivity contribution in [1.29, 1.82) is 0 Å². The molecule has 0 aromatic heterocycles. The Morgan fingerprint density at radius 3 is 2.57 bits per heavy atom. The first-order valence-electron chi connectivity index (χ1n) is 3.89. The van der Waals surface area contributed by atoms with Crippen LogP contribution in [0.15, 0.2) is 29.2 Å². The molecule has 0 heterocycles. The van der Waals surface area contributed by atoms with Gasteiger partial charge in [0, 0.05) is 4.90 Å². The van der Waals surface area contributed by atoms with Crippen LogP contribution in [-0.4, -0.2) is 17.0 Å². The van der Waals surface area contributed by atoms with Gasteiger partial charge in [-0.15, -0.1) is 12.6 Å². The number of benzene rings is 1. The SMILES string of the molecule is O=C(O)CC(=O)Nc1ccccc1S.